The number of para-hydroxylation sites is 2. The summed E-state index contributed by atoms with van der Waals surface area (Å²) in [6, 6.07) is 9.70. The van der Waals surface area contributed by atoms with E-state index in [2.05, 4.69) is 5.32 Å². The summed E-state index contributed by atoms with van der Waals surface area (Å²) in [6.07, 6.45) is 0.494. The standard InChI is InChI=1S/C19H19NO7/c1-24-14-7-5-4-6-13(14)20-16(22)11-27-19(23)17-12(10-21)8-9-15(25-2)18(17)26-3/h4-10H,11H2,1-3H3,(H,20,22). The number of aldehydes is 1. The SMILES string of the molecule is COc1ccccc1NC(=O)COC(=O)c1c(C=O)ccc(OC)c1OC. The minimum absolute atomic E-state index is 0.0530. The summed E-state index contributed by atoms with van der Waals surface area (Å²) in [4.78, 5) is 35.8. The molecule has 0 spiro atoms. The van der Waals surface area contributed by atoms with Crippen molar-refractivity contribution in [1.29, 1.82) is 0 Å². The van der Waals surface area contributed by atoms with Gasteiger partial charge < -0.3 is 24.3 Å². The number of ether oxygens (including phenoxy) is 4. The molecule has 1 amide bonds. The number of rotatable bonds is 8. The minimum Gasteiger partial charge on any atom is -0.495 e. The maximum absolute atomic E-state index is 12.4. The van der Waals surface area contributed by atoms with Crippen LogP contribution >= 0.6 is 0 Å². The van der Waals surface area contributed by atoms with E-state index in [0.29, 0.717) is 17.7 Å². The highest BCUT2D eigenvalue weighted by Gasteiger charge is 2.23. The third kappa shape index (κ3) is 4.55. The second kappa shape index (κ2) is 9.23. The highest BCUT2D eigenvalue weighted by molar-refractivity contribution is 6.03. The zero-order chi connectivity index (χ0) is 19.8. The zero-order valence-electron chi connectivity index (χ0n) is 15.1. The Bertz CT molecular complexity index is 848. The van der Waals surface area contributed by atoms with Crippen LogP contribution in [0.3, 0.4) is 0 Å². The van der Waals surface area contributed by atoms with Gasteiger partial charge in [0.1, 0.15) is 11.3 Å². The molecule has 0 bridgehead atoms. The monoisotopic (exact) mass is 373 g/mol. The maximum Gasteiger partial charge on any atom is 0.343 e. The Kier molecular flexibility index (Phi) is 6.76. The van der Waals surface area contributed by atoms with E-state index in [1.807, 2.05) is 0 Å². The number of esters is 1. The molecule has 0 atom stereocenters. The first-order valence-corrected chi connectivity index (χ1v) is 7.85. The molecule has 2 rings (SSSR count). The van der Waals surface area contributed by atoms with E-state index in [9.17, 15) is 14.4 Å². The van der Waals surface area contributed by atoms with Gasteiger partial charge in [0.15, 0.2) is 24.4 Å². The van der Waals surface area contributed by atoms with Gasteiger partial charge in [-0.1, -0.05) is 12.1 Å². The summed E-state index contributed by atoms with van der Waals surface area (Å²) in [5.74, 6) is -0.675. The van der Waals surface area contributed by atoms with Crippen molar-refractivity contribution < 1.29 is 33.3 Å². The van der Waals surface area contributed by atoms with E-state index in [1.54, 1.807) is 24.3 Å². The number of anilines is 1. The summed E-state index contributed by atoms with van der Waals surface area (Å²) >= 11 is 0. The van der Waals surface area contributed by atoms with Crippen LogP contribution in [0, 0.1) is 0 Å². The third-order valence-corrected chi connectivity index (χ3v) is 3.62. The molecular formula is C19H19NO7. The van der Waals surface area contributed by atoms with Crippen LogP contribution in [-0.4, -0.2) is 46.1 Å². The fraction of sp³-hybridized carbons (Fsp3) is 0.211. The number of hydrogen-bond donors (Lipinski definition) is 1. The molecule has 0 fully saturated rings. The molecule has 0 heterocycles. The first kappa shape index (κ1) is 19.8. The number of nitrogens with one attached hydrogen (secondary N) is 1. The van der Waals surface area contributed by atoms with Gasteiger partial charge in [-0.25, -0.2) is 4.79 Å². The van der Waals surface area contributed by atoms with E-state index in [1.165, 1.54) is 33.5 Å². The van der Waals surface area contributed by atoms with Crippen molar-refractivity contribution in [2.75, 3.05) is 33.3 Å². The maximum atomic E-state index is 12.4. The van der Waals surface area contributed by atoms with Crippen LogP contribution in [0.4, 0.5) is 5.69 Å². The molecule has 0 radical (unpaired) electrons. The van der Waals surface area contributed by atoms with Gasteiger partial charge in [0.25, 0.3) is 5.91 Å². The molecule has 0 saturated heterocycles. The number of carbonyl (C=O) groups excluding carboxylic acids is 3. The molecule has 0 aliphatic heterocycles. The molecule has 2 aromatic rings. The zero-order valence-corrected chi connectivity index (χ0v) is 15.1. The molecule has 0 unspecified atom stereocenters. The molecule has 0 saturated carbocycles. The van der Waals surface area contributed by atoms with Crippen molar-refractivity contribution in [3.05, 3.63) is 47.5 Å². The molecule has 8 nitrogen and oxygen atoms in total. The van der Waals surface area contributed by atoms with E-state index in [4.69, 9.17) is 18.9 Å². The van der Waals surface area contributed by atoms with Crippen LogP contribution in [0.1, 0.15) is 20.7 Å². The molecule has 0 aliphatic rings. The first-order chi connectivity index (χ1) is 13.0. The number of methoxy groups -OCH3 is 3. The lowest BCUT2D eigenvalue weighted by atomic mass is 10.1. The largest absolute Gasteiger partial charge is 0.495 e. The van der Waals surface area contributed by atoms with Gasteiger partial charge in [-0.05, 0) is 24.3 Å². The Morgan fingerprint density at radius 3 is 2.30 bits per heavy atom. The summed E-state index contributed by atoms with van der Waals surface area (Å²) in [5.41, 5.74) is 0.383. The Labute approximate surface area is 156 Å². The Morgan fingerprint density at radius 1 is 0.963 bits per heavy atom. The number of hydrogen-bond acceptors (Lipinski definition) is 7. The number of benzene rings is 2. The van der Waals surface area contributed by atoms with Crippen molar-refractivity contribution in [1.82, 2.24) is 0 Å². The normalized spacial score (nSPS) is 9.89. The van der Waals surface area contributed by atoms with E-state index in [0.717, 1.165) is 0 Å². The molecule has 142 valence electrons. The summed E-state index contributed by atoms with van der Waals surface area (Å²) < 4.78 is 20.4. The van der Waals surface area contributed by atoms with Crippen LogP contribution < -0.4 is 19.5 Å². The lowest BCUT2D eigenvalue weighted by Gasteiger charge is -2.14. The van der Waals surface area contributed by atoms with Gasteiger partial charge in [-0.15, -0.1) is 0 Å². The average molecular weight is 373 g/mol. The molecular weight excluding hydrogens is 354 g/mol. The van der Waals surface area contributed by atoms with Crippen molar-refractivity contribution >= 4 is 23.9 Å². The van der Waals surface area contributed by atoms with E-state index >= 15 is 0 Å². The average Bonchev–Trinajstić information content (AvgIpc) is 2.71. The van der Waals surface area contributed by atoms with Gasteiger partial charge in [0, 0.05) is 5.56 Å². The smallest absolute Gasteiger partial charge is 0.343 e. The molecule has 1 N–H and O–H groups in total. The summed E-state index contributed by atoms with van der Waals surface area (Å²) in [7, 11) is 4.20. The van der Waals surface area contributed by atoms with Crippen LogP contribution in [0.2, 0.25) is 0 Å². The van der Waals surface area contributed by atoms with E-state index in [-0.39, 0.29) is 22.6 Å². The van der Waals surface area contributed by atoms with Gasteiger partial charge in [0.05, 0.1) is 27.0 Å². The number of carbonyl (C=O) groups is 3. The van der Waals surface area contributed by atoms with Crippen molar-refractivity contribution in [2.24, 2.45) is 0 Å². The fourth-order valence-corrected chi connectivity index (χ4v) is 2.39. The van der Waals surface area contributed by atoms with Crippen molar-refractivity contribution in [3.8, 4) is 17.2 Å². The van der Waals surface area contributed by atoms with Gasteiger partial charge in [0.2, 0.25) is 0 Å². The number of amides is 1. The minimum atomic E-state index is -0.886. The molecule has 27 heavy (non-hydrogen) atoms. The predicted octanol–water partition coefficient (Wildman–Crippen LogP) is 2.32. The Morgan fingerprint density at radius 2 is 1.67 bits per heavy atom. The van der Waals surface area contributed by atoms with Gasteiger partial charge in [-0.2, -0.15) is 0 Å². The van der Waals surface area contributed by atoms with Gasteiger partial charge >= 0.3 is 5.97 Å². The van der Waals surface area contributed by atoms with Crippen LogP contribution in [0.25, 0.3) is 0 Å². The second-order valence-electron chi connectivity index (χ2n) is 5.21. The van der Waals surface area contributed by atoms with Crippen LogP contribution in [0.15, 0.2) is 36.4 Å². The van der Waals surface area contributed by atoms with Crippen LogP contribution in [0.5, 0.6) is 17.2 Å². The lowest BCUT2D eigenvalue weighted by Crippen LogP contribution is -2.22. The Balaban J connectivity index is 2.13. The molecule has 8 heteroatoms. The van der Waals surface area contributed by atoms with Crippen molar-refractivity contribution in [3.63, 3.8) is 0 Å². The molecule has 0 aliphatic carbocycles. The van der Waals surface area contributed by atoms with Crippen LogP contribution in [-0.2, 0) is 9.53 Å². The third-order valence-electron chi connectivity index (χ3n) is 3.62. The van der Waals surface area contributed by atoms with E-state index < -0.39 is 18.5 Å². The quantitative estimate of drug-likeness (QED) is 0.560. The highest BCUT2D eigenvalue weighted by atomic mass is 16.5. The second-order valence-corrected chi connectivity index (χ2v) is 5.21. The molecule has 2 aromatic carbocycles. The lowest BCUT2D eigenvalue weighted by molar-refractivity contribution is -0.119. The summed E-state index contributed by atoms with van der Waals surface area (Å²) in [5, 5.41) is 2.58. The Hall–Kier alpha value is -3.55. The summed E-state index contributed by atoms with van der Waals surface area (Å²) in [6.45, 7) is -0.560. The predicted molar refractivity (Wildman–Crippen MR) is 96.8 cm³/mol. The van der Waals surface area contributed by atoms with Gasteiger partial charge in [-0.3, -0.25) is 9.59 Å². The van der Waals surface area contributed by atoms with Crippen molar-refractivity contribution in [2.45, 2.75) is 0 Å². The fourth-order valence-electron chi connectivity index (χ4n) is 2.39. The topological polar surface area (TPSA) is 100 Å². The molecule has 0 aromatic heterocycles. The highest BCUT2D eigenvalue weighted by Crippen LogP contribution is 2.33. The first-order valence-electron chi connectivity index (χ1n) is 7.85.